The second-order valence-electron chi connectivity index (χ2n) is 8.47. The lowest BCUT2D eigenvalue weighted by Gasteiger charge is -2.19. The summed E-state index contributed by atoms with van der Waals surface area (Å²) >= 11 is 3.44. The van der Waals surface area contributed by atoms with Gasteiger partial charge in [0.1, 0.15) is 23.2 Å². The van der Waals surface area contributed by atoms with Crippen LogP contribution in [0, 0.1) is 5.92 Å². The third-order valence-electron chi connectivity index (χ3n) is 5.56. The summed E-state index contributed by atoms with van der Waals surface area (Å²) in [7, 11) is 3.22. The minimum absolute atomic E-state index is 0. The molecule has 0 saturated carbocycles. The van der Waals surface area contributed by atoms with Gasteiger partial charge in [-0.2, -0.15) is 0 Å². The second-order valence-corrected chi connectivity index (χ2v) is 9.39. The Morgan fingerprint density at radius 3 is 2.41 bits per heavy atom. The second kappa shape index (κ2) is 11.9. The molecule has 0 spiro atoms. The first-order valence-corrected chi connectivity index (χ1v) is 12.1. The first-order chi connectivity index (χ1) is 17.2. The van der Waals surface area contributed by atoms with Crippen LogP contribution in [0.3, 0.4) is 0 Å². The number of ether oxygens (including phenoxy) is 2. The van der Waals surface area contributed by atoms with E-state index in [1.165, 1.54) is 19.4 Å². The van der Waals surface area contributed by atoms with Gasteiger partial charge in [-0.1, -0.05) is 37.2 Å². The molecule has 2 heterocycles. The number of nitrogens with zero attached hydrogens (tertiary/aromatic N) is 3. The topological polar surface area (TPSA) is 107 Å². The number of carbonyl (C=O) groups excluding carboxylic acids is 2. The van der Waals surface area contributed by atoms with Gasteiger partial charge >= 0.3 is 5.97 Å². The molecule has 37 heavy (non-hydrogen) atoms. The van der Waals surface area contributed by atoms with E-state index in [1.54, 1.807) is 6.07 Å². The van der Waals surface area contributed by atoms with E-state index in [9.17, 15) is 9.59 Å². The van der Waals surface area contributed by atoms with Gasteiger partial charge in [0.05, 0.1) is 18.1 Å². The van der Waals surface area contributed by atoms with Gasteiger partial charge in [-0.3, -0.25) is 9.78 Å². The smallest absolute Gasteiger partial charge is 0.328 e. The molecule has 0 unspecified atom stereocenters. The first kappa shape index (κ1) is 27.7. The molecule has 9 nitrogen and oxygen atoms in total. The Kier molecular flexibility index (Phi) is 8.88. The highest BCUT2D eigenvalue weighted by Crippen LogP contribution is 2.28. The molecular formula is C27H30BrN5O4. The minimum Gasteiger partial charge on any atom is -0.467 e. The van der Waals surface area contributed by atoms with E-state index in [4.69, 9.17) is 14.5 Å². The molecule has 0 saturated heterocycles. The number of halogens is 1. The van der Waals surface area contributed by atoms with E-state index in [0.717, 1.165) is 21.2 Å². The number of hydrogen-bond acceptors (Lipinski definition) is 7. The predicted molar refractivity (Wildman–Crippen MR) is 147 cm³/mol. The largest absolute Gasteiger partial charge is 0.467 e. The Balaban J connectivity index is 0.00000380. The molecular weight excluding hydrogens is 538 g/mol. The van der Waals surface area contributed by atoms with E-state index in [-0.39, 0.29) is 19.0 Å². The van der Waals surface area contributed by atoms with E-state index in [1.807, 2.05) is 67.9 Å². The van der Waals surface area contributed by atoms with Crippen LogP contribution < -0.4 is 15.4 Å². The Bertz CT molecular complexity index is 1400. The maximum absolute atomic E-state index is 12.7. The zero-order valence-electron chi connectivity index (χ0n) is 20.3. The normalized spacial score (nSPS) is 11.5. The van der Waals surface area contributed by atoms with Gasteiger partial charge in [0.15, 0.2) is 0 Å². The molecule has 0 aliphatic heterocycles. The monoisotopic (exact) mass is 567 g/mol. The Labute approximate surface area is 224 Å². The van der Waals surface area contributed by atoms with Crippen LogP contribution in [0.2, 0.25) is 0 Å². The average molecular weight is 568 g/mol. The molecule has 1 atom stereocenters. The summed E-state index contributed by atoms with van der Waals surface area (Å²) in [5.41, 5.74) is 2.73. The first-order valence-electron chi connectivity index (χ1n) is 11.3. The quantitative estimate of drug-likeness (QED) is 0.258. The maximum atomic E-state index is 12.7. The van der Waals surface area contributed by atoms with Crippen molar-refractivity contribution >= 4 is 50.5 Å². The van der Waals surface area contributed by atoms with E-state index in [0.29, 0.717) is 17.4 Å². The lowest BCUT2D eigenvalue weighted by molar-refractivity contribution is -0.144. The van der Waals surface area contributed by atoms with Crippen LogP contribution >= 0.6 is 15.9 Å². The Morgan fingerprint density at radius 1 is 1.03 bits per heavy atom. The fourth-order valence-electron chi connectivity index (χ4n) is 3.59. The van der Waals surface area contributed by atoms with E-state index < -0.39 is 17.9 Å². The van der Waals surface area contributed by atoms with E-state index >= 15 is 0 Å². The van der Waals surface area contributed by atoms with Crippen molar-refractivity contribution in [2.75, 3.05) is 12.4 Å². The summed E-state index contributed by atoms with van der Waals surface area (Å²) in [4.78, 5) is 33.5. The SMILES string of the molecule is C.COC(=O)[C@@H](NC(=O)c1cc(Oc2ccc3c(c2)nc(Nc2ccc(Br)cc2)n3C)ccn1)C(C)C. The lowest BCUT2D eigenvalue weighted by Crippen LogP contribution is -2.45. The number of carbonyl (C=O) groups is 2. The molecule has 0 bridgehead atoms. The zero-order chi connectivity index (χ0) is 25.8. The number of pyridine rings is 1. The molecule has 0 fully saturated rings. The van der Waals surface area contributed by atoms with Crippen LogP contribution in [0.25, 0.3) is 11.0 Å². The van der Waals surface area contributed by atoms with Crippen molar-refractivity contribution in [1.29, 1.82) is 0 Å². The number of rotatable bonds is 8. The highest BCUT2D eigenvalue weighted by atomic mass is 79.9. The summed E-state index contributed by atoms with van der Waals surface area (Å²) in [6.07, 6.45) is 1.48. The van der Waals surface area contributed by atoms with Crippen molar-refractivity contribution in [2.24, 2.45) is 13.0 Å². The van der Waals surface area contributed by atoms with Crippen molar-refractivity contribution in [2.45, 2.75) is 27.3 Å². The molecule has 0 radical (unpaired) electrons. The van der Waals surface area contributed by atoms with Crippen LogP contribution in [-0.4, -0.2) is 39.6 Å². The summed E-state index contributed by atoms with van der Waals surface area (Å²) in [6.45, 7) is 3.64. The van der Waals surface area contributed by atoms with Gasteiger partial charge in [-0.05, 0) is 48.4 Å². The number of nitrogens with one attached hydrogen (secondary N) is 2. The number of esters is 1. The summed E-state index contributed by atoms with van der Waals surface area (Å²) in [5.74, 6) is 0.532. The molecule has 4 rings (SSSR count). The molecule has 4 aromatic rings. The summed E-state index contributed by atoms with van der Waals surface area (Å²) in [6, 6.07) is 15.8. The number of benzene rings is 2. The van der Waals surface area contributed by atoms with Gasteiger partial charge in [0.25, 0.3) is 5.91 Å². The van der Waals surface area contributed by atoms with Crippen molar-refractivity contribution < 1.29 is 19.1 Å². The van der Waals surface area contributed by atoms with Crippen molar-refractivity contribution in [3.05, 3.63) is 71.0 Å². The molecule has 0 aliphatic rings. The van der Waals surface area contributed by atoms with Crippen molar-refractivity contribution in [1.82, 2.24) is 19.9 Å². The molecule has 194 valence electrons. The predicted octanol–water partition coefficient (Wildman–Crippen LogP) is 5.83. The van der Waals surface area contributed by atoms with Crippen LogP contribution in [0.1, 0.15) is 31.8 Å². The summed E-state index contributed by atoms with van der Waals surface area (Å²) in [5, 5.41) is 5.99. The summed E-state index contributed by atoms with van der Waals surface area (Å²) < 4.78 is 13.7. The van der Waals surface area contributed by atoms with Gasteiger partial charge in [0.2, 0.25) is 5.95 Å². The highest BCUT2D eigenvalue weighted by molar-refractivity contribution is 9.10. The third-order valence-corrected chi connectivity index (χ3v) is 6.09. The van der Waals surface area contributed by atoms with Crippen LogP contribution in [0.4, 0.5) is 11.6 Å². The van der Waals surface area contributed by atoms with Crippen LogP contribution in [0.15, 0.2) is 65.3 Å². The maximum Gasteiger partial charge on any atom is 0.328 e. The van der Waals surface area contributed by atoms with Gasteiger partial charge in [-0.15, -0.1) is 0 Å². The number of aromatic nitrogens is 3. The number of fused-ring (bicyclic) bond motifs is 1. The fraction of sp³-hybridized carbons (Fsp3) is 0.259. The lowest BCUT2D eigenvalue weighted by atomic mass is 10.0. The van der Waals surface area contributed by atoms with Crippen molar-refractivity contribution in [3.63, 3.8) is 0 Å². The zero-order valence-corrected chi connectivity index (χ0v) is 21.9. The number of anilines is 2. The van der Waals surface area contributed by atoms with Gasteiger partial charge in [-0.25, -0.2) is 9.78 Å². The Morgan fingerprint density at radius 2 is 1.73 bits per heavy atom. The van der Waals surface area contributed by atoms with Gasteiger partial charge < -0.3 is 24.7 Å². The fourth-order valence-corrected chi connectivity index (χ4v) is 3.86. The Hall–Kier alpha value is -3.92. The molecule has 10 heteroatoms. The number of hydrogen-bond donors (Lipinski definition) is 2. The number of imidazole rings is 1. The van der Waals surface area contributed by atoms with Gasteiger partial charge in [0, 0.05) is 35.5 Å². The number of methoxy groups -OCH3 is 1. The third kappa shape index (κ3) is 6.45. The highest BCUT2D eigenvalue weighted by Gasteiger charge is 2.26. The van der Waals surface area contributed by atoms with Crippen LogP contribution in [-0.2, 0) is 16.6 Å². The molecule has 2 N–H and O–H groups in total. The molecule has 2 aromatic carbocycles. The number of aryl methyl sites for hydroxylation is 1. The molecule has 2 aromatic heterocycles. The molecule has 0 aliphatic carbocycles. The van der Waals surface area contributed by atoms with Crippen LogP contribution in [0.5, 0.6) is 11.5 Å². The van der Waals surface area contributed by atoms with Crippen molar-refractivity contribution in [3.8, 4) is 11.5 Å². The molecule has 1 amide bonds. The standard InChI is InChI=1S/C26H26BrN5O4.CH4/c1-15(2)23(25(34)35-4)31-24(33)21-14-19(11-12-28-21)36-18-9-10-22-20(13-18)30-26(32(22)3)29-17-7-5-16(27)6-8-17;/h5-15,23H,1-4H3,(H,29,30)(H,31,33);1H4/t23-;/m0./s1. The van der Waals surface area contributed by atoms with E-state index in [2.05, 4.69) is 31.5 Å². The average Bonchev–Trinajstić information content (AvgIpc) is 3.17. The number of amides is 1. The minimum atomic E-state index is -0.777.